The maximum Gasteiger partial charge on any atom is 0.274 e. The quantitative estimate of drug-likeness (QED) is 0.740. The normalized spacial score (nSPS) is 14.0. The number of benzene rings is 1. The monoisotopic (exact) mass is 323 g/mol. The first-order valence-corrected chi connectivity index (χ1v) is 8.72. The molecule has 1 aliphatic heterocycles. The van der Waals surface area contributed by atoms with E-state index in [-0.39, 0.29) is 5.56 Å². The summed E-state index contributed by atoms with van der Waals surface area (Å²) >= 11 is 0. The lowest BCUT2D eigenvalue weighted by molar-refractivity contribution is 0.521. The fourth-order valence-corrected chi connectivity index (χ4v) is 3.34. The van der Waals surface area contributed by atoms with Crippen LogP contribution in [0.5, 0.6) is 0 Å². The number of nitrogens with zero attached hydrogens (tertiary/aromatic N) is 5. The van der Waals surface area contributed by atoms with Gasteiger partial charge in [-0.2, -0.15) is 5.10 Å². The van der Waals surface area contributed by atoms with E-state index in [0.29, 0.717) is 11.9 Å². The first-order chi connectivity index (χ1) is 11.8. The van der Waals surface area contributed by atoms with Crippen molar-refractivity contribution in [2.45, 2.75) is 52.1 Å². The molecule has 6 nitrogen and oxygen atoms in total. The average Bonchev–Trinajstić information content (AvgIpc) is 3.05. The molecule has 3 aromatic rings. The molecule has 0 unspecified atom stereocenters. The molecule has 4 rings (SSSR count). The van der Waals surface area contributed by atoms with Gasteiger partial charge in [0.25, 0.3) is 5.56 Å². The van der Waals surface area contributed by atoms with E-state index < -0.39 is 0 Å². The predicted molar refractivity (Wildman–Crippen MR) is 92.9 cm³/mol. The molecule has 24 heavy (non-hydrogen) atoms. The second-order valence-corrected chi connectivity index (χ2v) is 6.32. The zero-order valence-electron chi connectivity index (χ0n) is 13.9. The van der Waals surface area contributed by atoms with Crippen LogP contribution >= 0.6 is 0 Å². The van der Waals surface area contributed by atoms with Crippen LogP contribution in [-0.2, 0) is 19.5 Å². The fourth-order valence-electron chi connectivity index (χ4n) is 3.34. The van der Waals surface area contributed by atoms with E-state index in [2.05, 4.69) is 26.8 Å². The van der Waals surface area contributed by atoms with Gasteiger partial charge in [0, 0.05) is 24.9 Å². The van der Waals surface area contributed by atoms with Crippen molar-refractivity contribution in [1.82, 2.24) is 24.5 Å². The summed E-state index contributed by atoms with van der Waals surface area (Å²) in [5, 5.41) is 15.0. The molecule has 0 saturated carbocycles. The highest BCUT2D eigenvalue weighted by molar-refractivity contribution is 5.92. The molecule has 0 fully saturated rings. The van der Waals surface area contributed by atoms with E-state index in [1.54, 1.807) is 4.68 Å². The minimum atomic E-state index is -0.0267. The van der Waals surface area contributed by atoms with Crippen LogP contribution in [0, 0.1) is 0 Å². The van der Waals surface area contributed by atoms with Gasteiger partial charge in [0.2, 0.25) is 0 Å². The molecule has 2 aromatic heterocycles. The second-order valence-electron chi connectivity index (χ2n) is 6.32. The molecular formula is C18H21N5O. The standard InChI is InChI=1S/C18H21N5O/c1-2-3-12-23-18(24)14-9-5-4-8-13(14)16(21-23)17-20-19-15-10-6-7-11-22(15)17/h4-5,8-9H,2-3,6-7,10-12H2,1H3. The molecule has 0 bridgehead atoms. The lowest BCUT2D eigenvalue weighted by atomic mass is 10.1. The van der Waals surface area contributed by atoms with Gasteiger partial charge >= 0.3 is 0 Å². The Kier molecular flexibility index (Phi) is 3.88. The topological polar surface area (TPSA) is 65.6 Å². The molecule has 3 heterocycles. The number of fused-ring (bicyclic) bond motifs is 2. The molecule has 0 N–H and O–H groups in total. The maximum atomic E-state index is 12.7. The maximum absolute atomic E-state index is 12.7. The Bertz CT molecular complexity index is 940. The van der Waals surface area contributed by atoms with Crippen LogP contribution in [0.4, 0.5) is 0 Å². The minimum absolute atomic E-state index is 0.0267. The molecule has 0 aliphatic carbocycles. The Morgan fingerprint density at radius 2 is 1.96 bits per heavy atom. The van der Waals surface area contributed by atoms with Crippen LogP contribution in [0.15, 0.2) is 29.1 Å². The van der Waals surface area contributed by atoms with Crippen LogP contribution in [0.1, 0.15) is 38.4 Å². The summed E-state index contributed by atoms with van der Waals surface area (Å²) in [5.74, 6) is 1.81. The summed E-state index contributed by atoms with van der Waals surface area (Å²) < 4.78 is 3.75. The van der Waals surface area contributed by atoms with E-state index in [0.717, 1.165) is 61.4 Å². The van der Waals surface area contributed by atoms with Crippen LogP contribution < -0.4 is 5.56 Å². The van der Waals surface area contributed by atoms with Crippen molar-refractivity contribution in [1.29, 1.82) is 0 Å². The minimum Gasteiger partial charge on any atom is -0.310 e. The molecule has 1 aromatic carbocycles. The third kappa shape index (κ3) is 2.42. The first kappa shape index (κ1) is 15.1. The Balaban J connectivity index is 1.96. The highest BCUT2D eigenvalue weighted by Crippen LogP contribution is 2.26. The number of rotatable bonds is 4. The number of hydrogen-bond donors (Lipinski definition) is 0. The Morgan fingerprint density at radius 1 is 1.12 bits per heavy atom. The molecule has 0 saturated heterocycles. The highest BCUT2D eigenvalue weighted by Gasteiger charge is 2.21. The van der Waals surface area contributed by atoms with Crippen LogP contribution in [-0.4, -0.2) is 24.5 Å². The molecule has 1 aliphatic rings. The third-order valence-corrected chi connectivity index (χ3v) is 4.66. The molecule has 6 heteroatoms. The van der Waals surface area contributed by atoms with Gasteiger partial charge in [0.1, 0.15) is 11.5 Å². The van der Waals surface area contributed by atoms with Gasteiger partial charge in [0.15, 0.2) is 5.82 Å². The third-order valence-electron chi connectivity index (χ3n) is 4.66. The van der Waals surface area contributed by atoms with Gasteiger partial charge in [-0.15, -0.1) is 10.2 Å². The van der Waals surface area contributed by atoms with E-state index >= 15 is 0 Å². The summed E-state index contributed by atoms with van der Waals surface area (Å²) in [6, 6.07) is 7.67. The summed E-state index contributed by atoms with van der Waals surface area (Å²) in [6.45, 7) is 3.66. The van der Waals surface area contributed by atoms with Crippen molar-refractivity contribution in [2.24, 2.45) is 0 Å². The van der Waals surface area contributed by atoms with Gasteiger partial charge < -0.3 is 4.57 Å². The highest BCUT2D eigenvalue weighted by atomic mass is 16.1. The Labute approximate surface area is 140 Å². The number of aromatic nitrogens is 5. The van der Waals surface area contributed by atoms with E-state index in [1.807, 2.05) is 24.3 Å². The summed E-state index contributed by atoms with van der Waals surface area (Å²) in [6.07, 6.45) is 5.20. The molecule has 0 atom stereocenters. The summed E-state index contributed by atoms with van der Waals surface area (Å²) in [5.41, 5.74) is 0.739. The zero-order valence-corrected chi connectivity index (χ0v) is 13.9. The van der Waals surface area contributed by atoms with Crippen molar-refractivity contribution >= 4 is 10.8 Å². The van der Waals surface area contributed by atoms with Crippen molar-refractivity contribution in [2.75, 3.05) is 0 Å². The average molecular weight is 323 g/mol. The molecule has 0 spiro atoms. The SMILES string of the molecule is CCCCn1nc(-c2nnc3n2CCCC3)c2ccccc2c1=O. The molecule has 124 valence electrons. The van der Waals surface area contributed by atoms with Crippen molar-refractivity contribution in [3.05, 3.63) is 40.4 Å². The number of unbranched alkanes of at least 4 members (excludes halogenated alkanes) is 1. The van der Waals surface area contributed by atoms with Crippen molar-refractivity contribution in [3.63, 3.8) is 0 Å². The van der Waals surface area contributed by atoms with E-state index in [1.165, 1.54) is 0 Å². The van der Waals surface area contributed by atoms with Crippen molar-refractivity contribution in [3.8, 4) is 11.5 Å². The Hall–Kier alpha value is -2.50. The zero-order chi connectivity index (χ0) is 16.5. The second kappa shape index (κ2) is 6.19. The van der Waals surface area contributed by atoms with Gasteiger partial charge in [-0.25, -0.2) is 4.68 Å². The predicted octanol–water partition coefficient (Wildman–Crippen LogP) is 2.79. The Morgan fingerprint density at radius 3 is 2.79 bits per heavy atom. The van der Waals surface area contributed by atoms with Crippen LogP contribution in [0.2, 0.25) is 0 Å². The first-order valence-electron chi connectivity index (χ1n) is 8.72. The smallest absolute Gasteiger partial charge is 0.274 e. The largest absolute Gasteiger partial charge is 0.310 e. The van der Waals surface area contributed by atoms with Crippen molar-refractivity contribution < 1.29 is 0 Å². The molecular weight excluding hydrogens is 302 g/mol. The fraction of sp³-hybridized carbons (Fsp3) is 0.444. The van der Waals surface area contributed by atoms with Gasteiger partial charge in [-0.05, 0) is 25.3 Å². The number of hydrogen-bond acceptors (Lipinski definition) is 4. The van der Waals surface area contributed by atoms with Crippen LogP contribution in [0.3, 0.4) is 0 Å². The van der Waals surface area contributed by atoms with Gasteiger partial charge in [-0.3, -0.25) is 4.79 Å². The molecule has 0 radical (unpaired) electrons. The van der Waals surface area contributed by atoms with Gasteiger partial charge in [-0.1, -0.05) is 31.5 Å². The van der Waals surface area contributed by atoms with Crippen LogP contribution in [0.25, 0.3) is 22.3 Å². The number of aryl methyl sites for hydroxylation is 2. The summed E-state index contributed by atoms with van der Waals surface area (Å²) in [7, 11) is 0. The lowest BCUT2D eigenvalue weighted by Gasteiger charge is -2.16. The lowest BCUT2D eigenvalue weighted by Crippen LogP contribution is -2.24. The van der Waals surface area contributed by atoms with Gasteiger partial charge in [0.05, 0.1) is 5.39 Å². The summed E-state index contributed by atoms with van der Waals surface area (Å²) in [4.78, 5) is 12.7. The van der Waals surface area contributed by atoms with E-state index in [9.17, 15) is 4.79 Å². The van der Waals surface area contributed by atoms with E-state index in [4.69, 9.17) is 0 Å². The molecule has 0 amide bonds.